The van der Waals surface area contributed by atoms with E-state index in [4.69, 9.17) is 15.7 Å². The Hall–Kier alpha value is -2.79. The molecule has 11 heteroatoms. The molecule has 0 fully saturated rings. The van der Waals surface area contributed by atoms with Crippen LogP contribution in [0.5, 0.6) is 0 Å². The van der Waals surface area contributed by atoms with Crippen molar-refractivity contribution in [1.29, 1.82) is 5.41 Å². The van der Waals surface area contributed by atoms with Gasteiger partial charge >= 0.3 is 0 Å². The van der Waals surface area contributed by atoms with Crippen LogP contribution in [0.1, 0.15) is 41.6 Å². The molecule has 10 nitrogen and oxygen atoms in total. The van der Waals surface area contributed by atoms with Crippen LogP contribution in [0.25, 0.3) is 11.4 Å². The number of hydrogen-bond acceptors (Lipinski definition) is 8. The Morgan fingerprint density at radius 2 is 2.04 bits per heavy atom. The Morgan fingerprint density at radius 3 is 2.50 bits per heavy atom. The second kappa shape index (κ2) is 7.22. The van der Waals surface area contributed by atoms with E-state index in [1.165, 1.54) is 6.07 Å². The highest BCUT2D eigenvalue weighted by Crippen LogP contribution is 2.23. The topological polar surface area (TPSA) is 152 Å². The van der Waals surface area contributed by atoms with Crippen LogP contribution < -0.4 is 5.73 Å². The normalized spacial score (nSPS) is 11.6. The molecule has 1 aromatic carbocycles. The largest absolute Gasteiger partial charge is 0.368 e. The zero-order valence-corrected chi connectivity index (χ0v) is 15.5. The number of aryl methyl sites for hydroxylation is 1. The van der Waals surface area contributed by atoms with Crippen molar-refractivity contribution in [2.24, 2.45) is 5.73 Å². The Balaban J connectivity index is 2.35. The van der Waals surface area contributed by atoms with Gasteiger partial charge in [-0.3, -0.25) is 10.2 Å². The summed E-state index contributed by atoms with van der Waals surface area (Å²) in [7, 11) is -4.04. The predicted octanol–water partition coefficient (Wildman–Crippen LogP) is 1.40. The minimum Gasteiger partial charge on any atom is -0.368 e. The average molecular weight is 381 g/mol. The molecule has 26 heavy (non-hydrogen) atoms. The van der Waals surface area contributed by atoms with Gasteiger partial charge in [-0.2, -0.15) is 13.4 Å². The summed E-state index contributed by atoms with van der Waals surface area (Å²) in [5, 5.41) is 11.5. The van der Waals surface area contributed by atoms with E-state index in [1.54, 1.807) is 19.1 Å². The number of nitrogens with zero attached hydrogens (tertiary/aromatic N) is 3. The fourth-order valence-electron chi connectivity index (χ4n) is 2.06. The molecule has 0 radical (unpaired) electrons. The predicted molar refractivity (Wildman–Crippen MR) is 92.6 cm³/mol. The monoisotopic (exact) mass is 381 g/mol. The van der Waals surface area contributed by atoms with Crippen LogP contribution in [0.2, 0.25) is 0 Å². The Kier molecular flexibility index (Phi) is 5.42. The summed E-state index contributed by atoms with van der Waals surface area (Å²) in [4.78, 5) is 16.8. The first-order valence-electron chi connectivity index (χ1n) is 7.52. The molecule has 0 spiro atoms. The molecule has 1 heterocycles. The molecule has 2 rings (SSSR count). The lowest BCUT2D eigenvalue weighted by Crippen LogP contribution is -2.42. The Morgan fingerprint density at radius 1 is 1.38 bits per heavy atom. The fourth-order valence-corrected chi connectivity index (χ4v) is 2.48. The number of hydrogen-bond donors (Lipinski definition) is 2. The van der Waals surface area contributed by atoms with Gasteiger partial charge in [-0.25, -0.2) is 0 Å². The van der Waals surface area contributed by atoms with Crippen molar-refractivity contribution in [3.8, 4) is 11.4 Å². The van der Waals surface area contributed by atoms with E-state index in [0.29, 0.717) is 22.8 Å². The lowest BCUT2D eigenvalue weighted by atomic mass is 10.0. The van der Waals surface area contributed by atoms with Crippen LogP contribution in [-0.4, -0.2) is 41.7 Å². The van der Waals surface area contributed by atoms with E-state index < -0.39 is 22.0 Å². The highest BCUT2D eigenvalue weighted by molar-refractivity contribution is 7.85. The fraction of sp³-hybridized carbons (Fsp3) is 0.333. The quantitative estimate of drug-likeness (QED) is 0.448. The third-order valence-electron chi connectivity index (χ3n) is 3.26. The number of amides is 1. The number of rotatable bonds is 5. The SMILES string of the molecule is Cc1cc(-c2noc(C(C)C)n2)ccc1C(=O)N(OS(C)(=O)=O)C(=N)N. The van der Waals surface area contributed by atoms with Gasteiger partial charge in [0.2, 0.25) is 17.7 Å². The molecule has 1 amide bonds. The standard InChI is InChI=1S/C15H19N5O5S/c1-8(2)13-18-12(19-24-13)10-5-6-11(9(3)7-10)14(21)20(15(16)17)25-26(4,22)23/h5-8H,1-4H3,(H3,16,17). The number of nitrogens with one attached hydrogen (secondary N) is 1. The maximum atomic E-state index is 12.5. The first-order chi connectivity index (χ1) is 12.0. The second-order valence-electron chi connectivity index (χ2n) is 5.90. The summed E-state index contributed by atoms with van der Waals surface area (Å²) in [5.41, 5.74) is 6.47. The minimum absolute atomic E-state index is 0.0791. The number of guanidine groups is 1. The van der Waals surface area contributed by atoms with Gasteiger partial charge in [-0.05, 0) is 24.6 Å². The molecule has 0 aliphatic rings. The zero-order chi connectivity index (χ0) is 19.6. The van der Waals surface area contributed by atoms with Crippen molar-refractivity contribution < 1.29 is 22.0 Å². The van der Waals surface area contributed by atoms with E-state index >= 15 is 0 Å². The van der Waals surface area contributed by atoms with E-state index in [1.807, 2.05) is 13.8 Å². The van der Waals surface area contributed by atoms with Crippen molar-refractivity contribution in [1.82, 2.24) is 15.2 Å². The molecular weight excluding hydrogens is 362 g/mol. The van der Waals surface area contributed by atoms with Crippen molar-refractivity contribution >= 4 is 22.0 Å². The number of carbonyl (C=O) groups is 1. The summed E-state index contributed by atoms with van der Waals surface area (Å²) >= 11 is 0. The summed E-state index contributed by atoms with van der Waals surface area (Å²) in [5.74, 6) is -0.809. The van der Waals surface area contributed by atoms with Crippen molar-refractivity contribution in [3.05, 3.63) is 35.2 Å². The molecule has 0 aliphatic heterocycles. The minimum atomic E-state index is -4.04. The first kappa shape index (κ1) is 19.5. The highest BCUT2D eigenvalue weighted by atomic mass is 32.2. The third kappa shape index (κ3) is 4.43. The molecule has 0 bridgehead atoms. The maximum Gasteiger partial charge on any atom is 0.286 e. The Bertz CT molecular complexity index is 951. The smallest absolute Gasteiger partial charge is 0.286 e. The highest BCUT2D eigenvalue weighted by Gasteiger charge is 2.25. The molecule has 0 saturated heterocycles. The van der Waals surface area contributed by atoms with Crippen LogP contribution >= 0.6 is 0 Å². The molecular formula is C15H19N5O5S. The third-order valence-corrected chi connectivity index (χ3v) is 3.68. The summed E-state index contributed by atoms with van der Waals surface area (Å²) in [6, 6.07) is 4.66. The summed E-state index contributed by atoms with van der Waals surface area (Å²) in [6.07, 6.45) is 0.745. The van der Waals surface area contributed by atoms with Crippen LogP contribution in [0.4, 0.5) is 0 Å². The van der Waals surface area contributed by atoms with Gasteiger partial charge < -0.3 is 10.3 Å². The number of nitrogens with two attached hydrogens (primary N) is 1. The van der Waals surface area contributed by atoms with E-state index in [9.17, 15) is 13.2 Å². The van der Waals surface area contributed by atoms with Crippen LogP contribution in [0.15, 0.2) is 22.7 Å². The molecule has 2 aromatic rings. The number of aromatic nitrogens is 2. The van der Waals surface area contributed by atoms with Gasteiger partial charge in [0.15, 0.2) is 0 Å². The van der Waals surface area contributed by atoms with Crippen molar-refractivity contribution in [3.63, 3.8) is 0 Å². The van der Waals surface area contributed by atoms with E-state index in [-0.39, 0.29) is 16.5 Å². The van der Waals surface area contributed by atoms with Gasteiger partial charge in [0.1, 0.15) is 0 Å². The molecule has 140 valence electrons. The van der Waals surface area contributed by atoms with Crippen molar-refractivity contribution in [2.45, 2.75) is 26.7 Å². The van der Waals surface area contributed by atoms with Crippen LogP contribution in [0, 0.1) is 12.3 Å². The molecule has 1 aromatic heterocycles. The summed E-state index contributed by atoms with van der Waals surface area (Å²) < 4.78 is 32.2. The van der Waals surface area contributed by atoms with Gasteiger partial charge in [0.25, 0.3) is 16.0 Å². The van der Waals surface area contributed by atoms with E-state index in [2.05, 4.69) is 14.4 Å². The summed E-state index contributed by atoms with van der Waals surface area (Å²) in [6.45, 7) is 5.48. The van der Waals surface area contributed by atoms with Gasteiger partial charge in [-0.15, -0.1) is 9.35 Å². The van der Waals surface area contributed by atoms with Gasteiger partial charge in [0, 0.05) is 17.0 Å². The average Bonchev–Trinajstić information content (AvgIpc) is 3.01. The molecule has 0 unspecified atom stereocenters. The van der Waals surface area contributed by atoms with Gasteiger partial charge in [0.05, 0.1) is 6.26 Å². The van der Waals surface area contributed by atoms with E-state index in [0.717, 1.165) is 6.26 Å². The molecule has 0 aliphatic carbocycles. The molecule has 3 N–H and O–H groups in total. The Labute approximate surface area is 150 Å². The van der Waals surface area contributed by atoms with Crippen LogP contribution in [-0.2, 0) is 14.4 Å². The number of carbonyl (C=O) groups excluding carboxylic acids is 1. The number of benzene rings is 1. The van der Waals surface area contributed by atoms with Gasteiger partial charge in [-0.1, -0.05) is 25.1 Å². The molecule has 0 atom stereocenters. The lowest BCUT2D eigenvalue weighted by Gasteiger charge is -2.18. The lowest BCUT2D eigenvalue weighted by molar-refractivity contribution is 0.0200. The van der Waals surface area contributed by atoms with Crippen LogP contribution in [0.3, 0.4) is 0 Å². The maximum absolute atomic E-state index is 12.5. The van der Waals surface area contributed by atoms with Crippen molar-refractivity contribution in [2.75, 3.05) is 6.26 Å². The zero-order valence-electron chi connectivity index (χ0n) is 14.7. The second-order valence-corrected chi connectivity index (χ2v) is 7.46. The first-order valence-corrected chi connectivity index (χ1v) is 9.34. The number of hydroxylamine groups is 2. The molecule has 0 saturated carbocycles.